The van der Waals surface area contributed by atoms with Crippen molar-refractivity contribution in [3.63, 3.8) is 0 Å². The van der Waals surface area contributed by atoms with Crippen LogP contribution in [-0.2, 0) is 12.7 Å². The van der Waals surface area contributed by atoms with E-state index in [9.17, 15) is 17.6 Å². The highest BCUT2D eigenvalue weighted by atomic mass is 19.4. The number of likely N-dealkylation sites (N-methyl/N-ethyl adjacent to an activating group) is 1. The SMILES string of the molecule is CCNc1cc2c(cn1)c(C1CCN(C)C1)nn2CC1CCC(Oc2nccc(C(F)(F)F)c2F)CC1. The van der Waals surface area contributed by atoms with Crippen LogP contribution in [0.1, 0.15) is 56.2 Å². The number of hydrogen-bond acceptors (Lipinski definition) is 6. The Kier molecular flexibility index (Phi) is 7.24. The lowest BCUT2D eigenvalue weighted by atomic mass is 9.87. The van der Waals surface area contributed by atoms with Crippen molar-refractivity contribution < 1.29 is 22.3 Å². The Hall–Kier alpha value is -2.95. The summed E-state index contributed by atoms with van der Waals surface area (Å²) >= 11 is 0. The van der Waals surface area contributed by atoms with Crippen molar-refractivity contribution in [2.45, 2.75) is 63.8 Å². The number of alkyl halides is 3. The van der Waals surface area contributed by atoms with E-state index in [-0.39, 0.29) is 6.10 Å². The van der Waals surface area contributed by atoms with Gasteiger partial charge in [0.2, 0.25) is 0 Å². The molecule has 4 heterocycles. The van der Waals surface area contributed by atoms with E-state index in [1.54, 1.807) is 0 Å². The van der Waals surface area contributed by atoms with Gasteiger partial charge in [0.15, 0.2) is 5.82 Å². The lowest BCUT2D eigenvalue weighted by molar-refractivity contribution is -0.140. The molecular weight excluding hydrogens is 488 g/mol. The third-order valence-corrected chi connectivity index (χ3v) is 7.47. The van der Waals surface area contributed by atoms with Crippen LogP contribution in [0.15, 0.2) is 24.5 Å². The van der Waals surface area contributed by atoms with Gasteiger partial charge in [-0.3, -0.25) is 4.68 Å². The number of fused-ring (bicyclic) bond motifs is 1. The minimum absolute atomic E-state index is 0.331. The first-order valence-electron chi connectivity index (χ1n) is 12.9. The molecule has 3 aromatic rings. The molecule has 1 atom stereocenters. The Labute approximate surface area is 213 Å². The summed E-state index contributed by atoms with van der Waals surface area (Å²) in [6.45, 7) is 5.57. The first-order chi connectivity index (χ1) is 17.7. The molecule has 0 bridgehead atoms. The summed E-state index contributed by atoms with van der Waals surface area (Å²) in [7, 11) is 2.13. The number of nitrogens with zero attached hydrogens (tertiary/aromatic N) is 5. The van der Waals surface area contributed by atoms with E-state index < -0.39 is 23.4 Å². The third kappa shape index (κ3) is 5.51. The molecule has 11 heteroatoms. The second-order valence-corrected chi connectivity index (χ2v) is 10.2. The van der Waals surface area contributed by atoms with Gasteiger partial charge < -0.3 is 15.0 Å². The van der Waals surface area contributed by atoms with Gasteiger partial charge in [0, 0.05) is 49.4 Å². The van der Waals surface area contributed by atoms with Crippen LogP contribution >= 0.6 is 0 Å². The molecule has 1 aliphatic heterocycles. The topological polar surface area (TPSA) is 68.1 Å². The molecule has 3 aromatic heterocycles. The molecule has 0 amide bonds. The van der Waals surface area contributed by atoms with Gasteiger partial charge in [0.25, 0.3) is 5.88 Å². The van der Waals surface area contributed by atoms with E-state index >= 15 is 0 Å². The number of anilines is 1. The number of aromatic nitrogens is 4. The predicted molar refractivity (Wildman–Crippen MR) is 132 cm³/mol. The minimum Gasteiger partial charge on any atom is -0.472 e. The van der Waals surface area contributed by atoms with Gasteiger partial charge in [0.05, 0.1) is 16.8 Å². The average molecular weight is 521 g/mol. The smallest absolute Gasteiger partial charge is 0.419 e. The molecule has 1 aliphatic carbocycles. The highest BCUT2D eigenvalue weighted by molar-refractivity contribution is 5.84. The van der Waals surface area contributed by atoms with Crippen molar-refractivity contribution in [3.05, 3.63) is 41.6 Å². The van der Waals surface area contributed by atoms with Gasteiger partial charge in [0.1, 0.15) is 11.9 Å². The summed E-state index contributed by atoms with van der Waals surface area (Å²) in [6, 6.07) is 2.69. The Bertz CT molecular complexity index is 1240. The summed E-state index contributed by atoms with van der Waals surface area (Å²) in [5, 5.41) is 9.42. The molecule has 1 unspecified atom stereocenters. The van der Waals surface area contributed by atoms with Crippen LogP contribution in [0.5, 0.6) is 5.88 Å². The Morgan fingerprint density at radius 3 is 2.59 bits per heavy atom. The molecule has 2 fully saturated rings. The average Bonchev–Trinajstić information content (AvgIpc) is 3.44. The summed E-state index contributed by atoms with van der Waals surface area (Å²) < 4.78 is 61.1. The summed E-state index contributed by atoms with van der Waals surface area (Å²) in [6.07, 6.45) is 1.61. The van der Waals surface area contributed by atoms with Crippen LogP contribution in [0.2, 0.25) is 0 Å². The minimum atomic E-state index is -4.79. The van der Waals surface area contributed by atoms with E-state index in [0.717, 1.165) is 74.1 Å². The monoisotopic (exact) mass is 520 g/mol. The van der Waals surface area contributed by atoms with Crippen molar-refractivity contribution in [1.29, 1.82) is 0 Å². The molecule has 1 saturated heterocycles. The highest BCUT2D eigenvalue weighted by Crippen LogP contribution is 2.36. The van der Waals surface area contributed by atoms with Crippen molar-refractivity contribution in [3.8, 4) is 5.88 Å². The number of pyridine rings is 2. The maximum Gasteiger partial charge on any atom is 0.419 e. The molecule has 7 nitrogen and oxygen atoms in total. The van der Waals surface area contributed by atoms with Crippen molar-refractivity contribution >= 4 is 16.7 Å². The molecule has 0 aromatic carbocycles. The van der Waals surface area contributed by atoms with E-state index in [0.29, 0.717) is 30.7 Å². The number of halogens is 4. The number of ether oxygens (including phenoxy) is 1. The largest absolute Gasteiger partial charge is 0.472 e. The normalized spacial score (nSPS) is 23.0. The molecule has 0 radical (unpaired) electrons. The first kappa shape index (κ1) is 25.7. The van der Waals surface area contributed by atoms with Gasteiger partial charge in [-0.2, -0.15) is 18.3 Å². The van der Waals surface area contributed by atoms with E-state index in [1.807, 2.05) is 13.1 Å². The van der Waals surface area contributed by atoms with Crippen LogP contribution in [0.4, 0.5) is 23.4 Å². The summed E-state index contributed by atoms with van der Waals surface area (Å²) in [4.78, 5) is 10.6. The first-order valence-corrected chi connectivity index (χ1v) is 12.9. The number of likely N-dealkylation sites (tertiary alicyclic amines) is 1. The van der Waals surface area contributed by atoms with Crippen molar-refractivity contribution in [2.24, 2.45) is 5.92 Å². The Morgan fingerprint density at radius 1 is 1.14 bits per heavy atom. The highest BCUT2D eigenvalue weighted by Gasteiger charge is 2.36. The van der Waals surface area contributed by atoms with E-state index in [2.05, 4.69) is 38.0 Å². The summed E-state index contributed by atoms with van der Waals surface area (Å²) in [5.74, 6) is -0.503. The molecular formula is C26H32F4N6O. The molecule has 200 valence electrons. The zero-order chi connectivity index (χ0) is 26.2. The van der Waals surface area contributed by atoms with Gasteiger partial charge in [-0.15, -0.1) is 0 Å². The second-order valence-electron chi connectivity index (χ2n) is 10.2. The van der Waals surface area contributed by atoms with Gasteiger partial charge in [-0.05, 0) is 64.6 Å². The molecule has 5 rings (SSSR count). The van der Waals surface area contributed by atoms with E-state index in [4.69, 9.17) is 9.84 Å². The van der Waals surface area contributed by atoms with Crippen LogP contribution in [0.3, 0.4) is 0 Å². The predicted octanol–water partition coefficient (Wildman–Crippen LogP) is 5.47. The number of nitrogens with one attached hydrogen (secondary N) is 1. The third-order valence-electron chi connectivity index (χ3n) is 7.47. The Balaban J connectivity index is 1.29. The second kappa shape index (κ2) is 10.4. The lowest BCUT2D eigenvalue weighted by Crippen LogP contribution is -2.27. The van der Waals surface area contributed by atoms with Crippen LogP contribution in [0, 0.1) is 11.7 Å². The fourth-order valence-corrected chi connectivity index (χ4v) is 5.53. The van der Waals surface area contributed by atoms with Crippen LogP contribution in [-0.4, -0.2) is 57.4 Å². The van der Waals surface area contributed by atoms with Crippen LogP contribution < -0.4 is 10.1 Å². The van der Waals surface area contributed by atoms with Gasteiger partial charge in [-0.1, -0.05) is 0 Å². The van der Waals surface area contributed by atoms with Crippen molar-refractivity contribution in [1.82, 2.24) is 24.6 Å². The van der Waals surface area contributed by atoms with Gasteiger partial charge >= 0.3 is 6.18 Å². The number of rotatable bonds is 7. The Morgan fingerprint density at radius 2 is 1.92 bits per heavy atom. The maximum atomic E-state index is 14.3. The fourth-order valence-electron chi connectivity index (χ4n) is 5.53. The lowest BCUT2D eigenvalue weighted by Gasteiger charge is -2.29. The molecule has 1 saturated carbocycles. The summed E-state index contributed by atoms with van der Waals surface area (Å²) in [5.41, 5.74) is 0.801. The maximum absolute atomic E-state index is 14.3. The fraction of sp³-hybridized carbons (Fsp3) is 0.577. The number of hydrogen-bond donors (Lipinski definition) is 1. The molecule has 1 N–H and O–H groups in total. The van der Waals surface area contributed by atoms with Gasteiger partial charge in [-0.25, -0.2) is 14.4 Å². The molecule has 2 aliphatic rings. The molecule has 0 spiro atoms. The van der Waals surface area contributed by atoms with E-state index in [1.165, 1.54) is 0 Å². The molecule has 37 heavy (non-hydrogen) atoms. The van der Waals surface area contributed by atoms with Crippen molar-refractivity contribution in [2.75, 3.05) is 32.0 Å². The zero-order valence-electron chi connectivity index (χ0n) is 21.1. The quantitative estimate of drug-likeness (QED) is 0.417. The van der Waals surface area contributed by atoms with Crippen LogP contribution in [0.25, 0.3) is 10.9 Å². The standard InChI is InChI=1S/C26H32F4N6O/c1-3-31-22-12-21-19(13-33-22)24(17-9-11-35(2)15-17)34-36(21)14-16-4-6-18(7-5-16)37-25-23(27)20(8-10-32-25)26(28,29)30/h8,10,12-13,16-18H,3-7,9,11,14-15H2,1-2H3,(H,31,33). The zero-order valence-corrected chi connectivity index (χ0v) is 21.1.